The molecule has 3 nitrogen and oxygen atoms in total. The molecule has 3 rings (SSSR count). The lowest BCUT2D eigenvalue weighted by molar-refractivity contribution is -0.118. The molecular formula is C19H21NO2. The standard InChI is InChI=1S/C19H21NO2/c1-14-7-3-4-8-16(14)13-18(21)20-12-6-10-15-9-5-11-17(22-2)19(15)20/h3-5,7-9,11H,6,10,12-13H2,1-2H3. The molecule has 1 amide bonds. The van der Waals surface area contributed by atoms with Crippen molar-refractivity contribution in [1.29, 1.82) is 0 Å². The third-order valence-corrected chi connectivity index (χ3v) is 4.30. The second kappa shape index (κ2) is 6.22. The van der Waals surface area contributed by atoms with E-state index in [0.29, 0.717) is 6.42 Å². The number of hydrogen-bond donors (Lipinski definition) is 0. The van der Waals surface area contributed by atoms with Gasteiger partial charge in [-0.05, 0) is 42.5 Å². The number of nitrogens with zero attached hydrogens (tertiary/aromatic N) is 1. The summed E-state index contributed by atoms with van der Waals surface area (Å²) in [5.74, 6) is 0.926. The van der Waals surface area contributed by atoms with Crippen LogP contribution in [-0.4, -0.2) is 19.6 Å². The molecule has 0 aliphatic carbocycles. The Labute approximate surface area is 131 Å². The zero-order valence-electron chi connectivity index (χ0n) is 13.1. The van der Waals surface area contributed by atoms with Crippen LogP contribution in [0.5, 0.6) is 5.75 Å². The minimum absolute atomic E-state index is 0.139. The Balaban J connectivity index is 1.91. The molecule has 22 heavy (non-hydrogen) atoms. The molecule has 0 aromatic heterocycles. The highest BCUT2D eigenvalue weighted by Gasteiger charge is 2.25. The molecule has 1 aliphatic rings. The Bertz CT molecular complexity index is 679. The summed E-state index contributed by atoms with van der Waals surface area (Å²) in [6.45, 7) is 2.81. The number of hydrogen-bond acceptors (Lipinski definition) is 2. The summed E-state index contributed by atoms with van der Waals surface area (Å²) in [4.78, 5) is 14.7. The lowest BCUT2D eigenvalue weighted by Gasteiger charge is -2.31. The Hall–Kier alpha value is -2.29. The maximum atomic E-state index is 12.8. The first-order chi connectivity index (χ1) is 10.7. The van der Waals surface area contributed by atoms with Crippen LogP contribution in [-0.2, 0) is 17.6 Å². The summed E-state index contributed by atoms with van der Waals surface area (Å²) in [7, 11) is 1.66. The summed E-state index contributed by atoms with van der Waals surface area (Å²) in [6.07, 6.45) is 2.44. The van der Waals surface area contributed by atoms with Gasteiger partial charge < -0.3 is 9.64 Å². The Morgan fingerprint density at radius 2 is 2.00 bits per heavy atom. The molecule has 1 heterocycles. The molecule has 0 unspecified atom stereocenters. The van der Waals surface area contributed by atoms with Crippen LogP contribution < -0.4 is 9.64 Å². The van der Waals surface area contributed by atoms with E-state index in [1.54, 1.807) is 7.11 Å². The van der Waals surface area contributed by atoms with Crippen molar-refractivity contribution in [3.8, 4) is 5.75 Å². The van der Waals surface area contributed by atoms with Crippen LogP contribution in [0.25, 0.3) is 0 Å². The molecule has 0 saturated carbocycles. The van der Waals surface area contributed by atoms with E-state index >= 15 is 0 Å². The van der Waals surface area contributed by atoms with Crippen LogP contribution >= 0.6 is 0 Å². The van der Waals surface area contributed by atoms with E-state index in [-0.39, 0.29) is 5.91 Å². The number of anilines is 1. The number of carbonyl (C=O) groups excluding carboxylic acids is 1. The van der Waals surface area contributed by atoms with Crippen LogP contribution in [0.3, 0.4) is 0 Å². The third-order valence-electron chi connectivity index (χ3n) is 4.30. The van der Waals surface area contributed by atoms with Gasteiger partial charge >= 0.3 is 0 Å². The zero-order valence-corrected chi connectivity index (χ0v) is 13.1. The topological polar surface area (TPSA) is 29.5 Å². The van der Waals surface area contributed by atoms with Gasteiger partial charge in [-0.2, -0.15) is 0 Å². The molecule has 2 aromatic rings. The normalized spacial score (nSPS) is 13.6. The molecule has 0 spiro atoms. The van der Waals surface area contributed by atoms with Gasteiger partial charge in [0.2, 0.25) is 5.91 Å². The Morgan fingerprint density at radius 3 is 2.77 bits per heavy atom. The number of benzene rings is 2. The van der Waals surface area contributed by atoms with Crippen LogP contribution in [0, 0.1) is 6.92 Å². The molecule has 114 valence electrons. The summed E-state index contributed by atoms with van der Waals surface area (Å²) >= 11 is 0. The fourth-order valence-electron chi connectivity index (χ4n) is 3.10. The van der Waals surface area contributed by atoms with E-state index in [4.69, 9.17) is 4.74 Å². The molecular weight excluding hydrogens is 274 g/mol. The van der Waals surface area contributed by atoms with Crippen molar-refractivity contribution in [1.82, 2.24) is 0 Å². The maximum absolute atomic E-state index is 12.8. The van der Waals surface area contributed by atoms with Crippen molar-refractivity contribution >= 4 is 11.6 Å². The molecule has 2 aromatic carbocycles. The average molecular weight is 295 g/mol. The van der Waals surface area contributed by atoms with Crippen LogP contribution in [0.1, 0.15) is 23.1 Å². The number of amides is 1. The second-order valence-corrected chi connectivity index (χ2v) is 5.72. The van der Waals surface area contributed by atoms with E-state index in [1.165, 1.54) is 5.56 Å². The fraction of sp³-hybridized carbons (Fsp3) is 0.316. The van der Waals surface area contributed by atoms with Gasteiger partial charge in [0.05, 0.1) is 19.2 Å². The van der Waals surface area contributed by atoms with E-state index in [2.05, 4.69) is 6.07 Å². The predicted octanol–water partition coefficient (Wildman–Crippen LogP) is 3.53. The molecule has 0 N–H and O–H groups in total. The van der Waals surface area contributed by atoms with Gasteiger partial charge in [0, 0.05) is 6.54 Å². The van der Waals surface area contributed by atoms with Gasteiger partial charge in [0.25, 0.3) is 0 Å². The molecule has 1 aliphatic heterocycles. The molecule has 3 heteroatoms. The zero-order chi connectivity index (χ0) is 15.5. The van der Waals surface area contributed by atoms with Gasteiger partial charge in [-0.15, -0.1) is 0 Å². The van der Waals surface area contributed by atoms with Crippen molar-refractivity contribution in [2.75, 3.05) is 18.6 Å². The first-order valence-electron chi connectivity index (χ1n) is 7.71. The van der Waals surface area contributed by atoms with Crippen LogP contribution in [0.15, 0.2) is 42.5 Å². The maximum Gasteiger partial charge on any atom is 0.231 e. The number of rotatable bonds is 3. The Morgan fingerprint density at radius 1 is 1.18 bits per heavy atom. The fourth-order valence-corrected chi connectivity index (χ4v) is 3.10. The molecule has 0 atom stereocenters. The van der Waals surface area contributed by atoms with Gasteiger partial charge in [-0.1, -0.05) is 36.4 Å². The molecule has 0 bridgehead atoms. The minimum atomic E-state index is 0.139. The smallest absolute Gasteiger partial charge is 0.231 e. The first-order valence-corrected chi connectivity index (χ1v) is 7.71. The highest BCUT2D eigenvalue weighted by molar-refractivity contribution is 5.97. The van der Waals surface area contributed by atoms with Gasteiger partial charge in [-0.3, -0.25) is 4.79 Å². The van der Waals surface area contributed by atoms with Gasteiger partial charge in [0.15, 0.2) is 0 Å². The van der Waals surface area contributed by atoms with Gasteiger partial charge in [0.1, 0.15) is 5.75 Å². The van der Waals surface area contributed by atoms with Gasteiger partial charge in [-0.25, -0.2) is 0 Å². The molecule has 0 radical (unpaired) electrons. The monoisotopic (exact) mass is 295 g/mol. The summed E-state index contributed by atoms with van der Waals surface area (Å²) in [5, 5.41) is 0. The number of methoxy groups -OCH3 is 1. The van der Waals surface area contributed by atoms with Crippen molar-refractivity contribution in [3.05, 3.63) is 59.2 Å². The first kappa shape index (κ1) is 14.6. The largest absolute Gasteiger partial charge is 0.495 e. The van der Waals surface area contributed by atoms with E-state index in [0.717, 1.165) is 42.0 Å². The van der Waals surface area contributed by atoms with Crippen LogP contribution in [0.4, 0.5) is 5.69 Å². The van der Waals surface area contributed by atoms with Crippen molar-refractivity contribution in [2.45, 2.75) is 26.2 Å². The van der Waals surface area contributed by atoms with Crippen LogP contribution in [0.2, 0.25) is 0 Å². The number of fused-ring (bicyclic) bond motifs is 1. The lowest BCUT2D eigenvalue weighted by atomic mass is 9.99. The summed E-state index contributed by atoms with van der Waals surface area (Å²) < 4.78 is 5.47. The lowest BCUT2D eigenvalue weighted by Crippen LogP contribution is -2.37. The molecule has 0 saturated heterocycles. The van der Waals surface area contributed by atoms with Crippen molar-refractivity contribution in [3.63, 3.8) is 0 Å². The quantitative estimate of drug-likeness (QED) is 0.867. The Kier molecular flexibility index (Phi) is 4.14. The number of ether oxygens (including phenoxy) is 1. The summed E-state index contributed by atoms with van der Waals surface area (Å²) in [5.41, 5.74) is 4.40. The highest BCUT2D eigenvalue weighted by atomic mass is 16.5. The minimum Gasteiger partial charge on any atom is -0.495 e. The summed E-state index contributed by atoms with van der Waals surface area (Å²) in [6, 6.07) is 14.1. The third kappa shape index (κ3) is 2.71. The molecule has 0 fully saturated rings. The number of aryl methyl sites for hydroxylation is 2. The average Bonchev–Trinajstić information content (AvgIpc) is 2.55. The predicted molar refractivity (Wildman–Crippen MR) is 88.6 cm³/mol. The number of para-hydroxylation sites is 1. The van der Waals surface area contributed by atoms with E-state index < -0.39 is 0 Å². The van der Waals surface area contributed by atoms with Crippen molar-refractivity contribution < 1.29 is 9.53 Å². The van der Waals surface area contributed by atoms with Crippen molar-refractivity contribution in [2.24, 2.45) is 0 Å². The SMILES string of the molecule is COc1cccc2c1N(C(=O)Cc1ccccc1C)CCC2. The highest BCUT2D eigenvalue weighted by Crippen LogP contribution is 2.36. The number of carbonyl (C=O) groups is 1. The van der Waals surface area contributed by atoms with E-state index in [1.807, 2.05) is 48.2 Å². The second-order valence-electron chi connectivity index (χ2n) is 5.72. The van der Waals surface area contributed by atoms with E-state index in [9.17, 15) is 4.79 Å².